The molecular weight excluding hydrogens is 250 g/mol. The molecule has 2 unspecified atom stereocenters. The van der Waals surface area contributed by atoms with Crippen LogP contribution in [0.5, 0.6) is 0 Å². The molecule has 1 aromatic heterocycles. The number of piperazine rings is 1. The Bertz CT molecular complexity index is 434. The summed E-state index contributed by atoms with van der Waals surface area (Å²) >= 11 is 0. The SMILES string of the molecule is CCC(O)c1ccc(N2CCN3CCCCC3C2)cn1. The lowest BCUT2D eigenvalue weighted by molar-refractivity contribution is 0.133. The molecule has 3 rings (SSSR count). The van der Waals surface area contributed by atoms with Gasteiger partial charge < -0.3 is 10.0 Å². The Hall–Kier alpha value is -1.13. The van der Waals surface area contributed by atoms with Crippen molar-refractivity contribution in [3.05, 3.63) is 24.0 Å². The first-order valence-electron chi connectivity index (χ1n) is 7.91. The molecule has 2 aliphatic heterocycles. The molecule has 1 aromatic rings. The van der Waals surface area contributed by atoms with E-state index in [9.17, 15) is 5.11 Å². The van der Waals surface area contributed by atoms with Gasteiger partial charge in [0.2, 0.25) is 0 Å². The van der Waals surface area contributed by atoms with Gasteiger partial charge >= 0.3 is 0 Å². The van der Waals surface area contributed by atoms with Crippen LogP contribution >= 0.6 is 0 Å². The average Bonchev–Trinajstić information content (AvgIpc) is 2.54. The first kappa shape index (κ1) is 13.8. The third kappa shape index (κ3) is 2.81. The zero-order valence-corrected chi connectivity index (χ0v) is 12.3. The van der Waals surface area contributed by atoms with Gasteiger partial charge in [0.1, 0.15) is 0 Å². The normalized spacial score (nSPS) is 25.3. The second-order valence-corrected chi connectivity index (χ2v) is 6.00. The highest BCUT2D eigenvalue weighted by Crippen LogP contribution is 2.25. The molecule has 2 aliphatic rings. The van der Waals surface area contributed by atoms with Crippen molar-refractivity contribution in [2.75, 3.05) is 31.1 Å². The van der Waals surface area contributed by atoms with Crippen LogP contribution in [0, 0.1) is 0 Å². The smallest absolute Gasteiger partial charge is 0.0957 e. The fourth-order valence-electron chi connectivity index (χ4n) is 3.38. The van der Waals surface area contributed by atoms with E-state index in [-0.39, 0.29) is 0 Å². The van der Waals surface area contributed by atoms with Crippen molar-refractivity contribution in [1.82, 2.24) is 9.88 Å². The molecule has 110 valence electrons. The predicted molar refractivity (Wildman–Crippen MR) is 80.9 cm³/mol. The van der Waals surface area contributed by atoms with Crippen LogP contribution in [-0.2, 0) is 0 Å². The summed E-state index contributed by atoms with van der Waals surface area (Å²) in [6.07, 6.45) is 6.27. The summed E-state index contributed by atoms with van der Waals surface area (Å²) in [4.78, 5) is 9.51. The molecule has 0 aromatic carbocycles. The number of rotatable bonds is 3. The lowest BCUT2D eigenvalue weighted by Crippen LogP contribution is -2.54. The highest BCUT2D eigenvalue weighted by atomic mass is 16.3. The molecule has 1 N–H and O–H groups in total. The zero-order chi connectivity index (χ0) is 13.9. The van der Waals surface area contributed by atoms with Crippen molar-refractivity contribution >= 4 is 5.69 Å². The molecule has 0 bridgehead atoms. The Morgan fingerprint density at radius 1 is 1.30 bits per heavy atom. The minimum absolute atomic E-state index is 0.431. The van der Waals surface area contributed by atoms with Gasteiger partial charge in [-0.05, 0) is 37.9 Å². The van der Waals surface area contributed by atoms with E-state index in [1.807, 2.05) is 19.2 Å². The fraction of sp³-hybridized carbons (Fsp3) is 0.688. The van der Waals surface area contributed by atoms with Crippen LogP contribution in [0.2, 0.25) is 0 Å². The molecule has 0 spiro atoms. The van der Waals surface area contributed by atoms with E-state index in [1.54, 1.807) is 0 Å². The number of piperidine rings is 1. The number of fused-ring (bicyclic) bond motifs is 1. The van der Waals surface area contributed by atoms with E-state index < -0.39 is 6.10 Å². The van der Waals surface area contributed by atoms with Crippen LogP contribution in [0.4, 0.5) is 5.69 Å². The molecule has 20 heavy (non-hydrogen) atoms. The monoisotopic (exact) mass is 275 g/mol. The number of pyridine rings is 1. The number of nitrogens with zero attached hydrogens (tertiary/aromatic N) is 3. The van der Waals surface area contributed by atoms with Gasteiger partial charge in [-0.3, -0.25) is 9.88 Å². The van der Waals surface area contributed by atoms with Gasteiger partial charge in [-0.1, -0.05) is 13.3 Å². The van der Waals surface area contributed by atoms with Gasteiger partial charge in [0, 0.05) is 25.7 Å². The maximum atomic E-state index is 9.80. The lowest BCUT2D eigenvalue weighted by atomic mass is 9.99. The predicted octanol–water partition coefficient (Wildman–Crippen LogP) is 2.20. The van der Waals surface area contributed by atoms with E-state index in [0.29, 0.717) is 6.42 Å². The van der Waals surface area contributed by atoms with Crippen LogP contribution in [0.1, 0.15) is 44.4 Å². The summed E-state index contributed by atoms with van der Waals surface area (Å²) in [7, 11) is 0. The number of hydrogen-bond acceptors (Lipinski definition) is 4. The van der Waals surface area contributed by atoms with Gasteiger partial charge in [0.05, 0.1) is 23.7 Å². The Morgan fingerprint density at radius 3 is 2.95 bits per heavy atom. The minimum atomic E-state index is -0.431. The molecule has 0 aliphatic carbocycles. The summed E-state index contributed by atoms with van der Waals surface area (Å²) in [5, 5.41) is 9.80. The number of anilines is 1. The second-order valence-electron chi connectivity index (χ2n) is 6.00. The van der Waals surface area contributed by atoms with Crippen molar-refractivity contribution in [3.63, 3.8) is 0 Å². The standard InChI is InChI=1S/C16H25N3O/c1-2-16(20)15-7-6-13(11-17-15)19-10-9-18-8-4-3-5-14(18)12-19/h6-7,11,14,16,20H,2-5,8-10,12H2,1H3. The van der Waals surface area contributed by atoms with Crippen molar-refractivity contribution in [2.24, 2.45) is 0 Å². The van der Waals surface area contributed by atoms with Crippen molar-refractivity contribution < 1.29 is 5.11 Å². The Kier molecular flexibility index (Phi) is 4.22. The van der Waals surface area contributed by atoms with Crippen molar-refractivity contribution in [1.29, 1.82) is 0 Å². The molecule has 3 heterocycles. The van der Waals surface area contributed by atoms with Gasteiger partial charge in [-0.2, -0.15) is 0 Å². The molecule has 4 nitrogen and oxygen atoms in total. The van der Waals surface area contributed by atoms with Crippen LogP contribution < -0.4 is 4.90 Å². The maximum Gasteiger partial charge on any atom is 0.0957 e. The van der Waals surface area contributed by atoms with Crippen LogP contribution in [0.15, 0.2) is 18.3 Å². The molecular formula is C16H25N3O. The average molecular weight is 275 g/mol. The Morgan fingerprint density at radius 2 is 2.20 bits per heavy atom. The number of hydrogen-bond donors (Lipinski definition) is 1. The maximum absolute atomic E-state index is 9.80. The van der Waals surface area contributed by atoms with Gasteiger partial charge in [0.15, 0.2) is 0 Å². The zero-order valence-electron chi connectivity index (χ0n) is 12.3. The number of aliphatic hydroxyl groups excluding tert-OH is 1. The van der Waals surface area contributed by atoms with Crippen molar-refractivity contribution in [2.45, 2.75) is 44.8 Å². The molecule has 2 atom stereocenters. The first-order valence-corrected chi connectivity index (χ1v) is 7.91. The van der Waals surface area contributed by atoms with E-state index in [1.165, 1.54) is 38.0 Å². The van der Waals surface area contributed by atoms with Crippen LogP contribution in [-0.4, -0.2) is 47.2 Å². The molecule has 0 saturated carbocycles. The summed E-state index contributed by atoms with van der Waals surface area (Å²) in [5.41, 5.74) is 1.98. The molecule has 4 heteroatoms. The summed E-state index contributed by atoms with van der Waals surface area (Å²) < 4.78 is 0. The van der Waals surface area contributed by atoms with Crippen LogP contribution in [0.25, 0.3) is 0 Å². The van der Waals surface area contributed by atoms with Crippen molar-refractivity contribution in [3.8, 4) is 0 Å². The largest absolute Gasteiger partial charge is 0.387 e. The third-order valence-electron chi connectivity index (χ3n) is 4.70. The molecule has 2 fully saturated rings. The van der Waals surface area contributed by atoms with E-state index in [4.69, 9.17) is 0 Å². The summed E-state index contributed by atoms with van der Waals surface area (Å²) in [5.74, 6) is 0. The highest BCUT2D eigenvalue weighted by Gasteiger charge is 2.28. The number of aromatic nitrogens is 1. The van der Waals surface area contributed by atoms with E-state index in [0.717, 1.165) is 24.8 Å². The lowest BCUT2D eigenvalue weighted by Gasteiger charge is -2.44. The van der Waals surface area contributed by atoms with E-state index >= 15 is 0 Å². The second kappa shape index (κ2) is 6.10. The Labute approximate surface area is 121 Å². The van der Waals surface area contributed by atoms with Gasteiger partial charge in [-0.25, -0.2) is 0 Å². The number of aliphatic hydroxyl groups is 1. The highest BCUT2D eigenvalue weighted by molar-refractivity contribution is 5.45. The van der Waals surface area contributed by atoms with Gasteiger partial charge in [0.25, 0.3) is 0 Å². The van der Waals surface area contributed by atoms with Crippen LogP contribution in [0.3, 0.4) is 0 Å². The first-order chi connectivity index (χ1) is 9.78. The van der Waals surface area contributed by atoms with E-state index in [2.05, 4.69) is 20.9 Å². The topological polar surface area (TPSA) is 39.6 Å². The molecule has 0 amide bonds. The molecule has 0 radical (unpaired) electrons. The summed E-state index contributed by atoms with van der Waals surface area (Å²) in [6.45, 7) is 6.64. The quantitative estimate of drug-likeness (QED) is 0.918. The molecule has 2 saturated heterocycles. The fourth-order valence-corrected chi connectivity index (χ4v) is 3.38. The Balaban J connectivity index is 1.67. The minimum Gasteiger partial charge on any atom is -0.387 e. The van der Waals surface area contributed by atoms with Gasteiger partial charge in [-0.15, -0.1) is 0 Å². The third-order valence-corrected chi connectivity index (χ3v) is 4.70. The summed E-state index contributed by atoms with van der Waals surface area (Å²) in [6, 6.07) is 4.80.